The van der Waals surface area contributed by atoms with E-state index in [1.54, 1.807) is 4.90 Å². The van der Waals surface area contributed by atoms with Gasteiger partial charge in [0.15, 0.2) is 0 Å². The molecule has 1 aliphatic heterocycles. The smallest absolute Gasteiger partial charge is 0.288 e. The number of ether oxygens (including phenoxy) is 1. The first-order chi connectivity index (χ1) is 15.0. The summed E-state index contributed by atoms with van der Waals surface area (Å²) in [7, 11) is 0. The van der Waals surface area contributed by atoms with Crippen LogP contribution in [0.1, 0.15) is 32.4 Å². The molecule has 3 aromatic rings. The molecule has 2 atom stereocenters. The number of carbonyl (C=O) groups is 1. The van der Waals surface area contributed by atoms with E-state index in [0.29, 0.717) is 17.8 Å². The number of nitrogens with zero attached hydrogens (tertiary/aromatic N) is 4. The molecule has 0 spiro atoms. The number of nitrogens with one attached hydrogen (secondary N) is 1. The van der Waals surface area contributed by atoms with E-state index in [1.165, 1.54) is 18.1 Å². The van der Waals surface area contributed by atoms with Crippen molar-refractivity contribution in [3.05, 3.63) is 66.5 Å². The fourth-order valence-corrected chi connectivity index (χ4v) is 4.56. The molecule has 0 aliphatic carbocycles. The maximum Gasteiger partial charge on any atom is 0.288 e. The van der Waals surface area contributed by atoms with Gasteiger partial charge in [-0.2, -0.15) is 4.98 Å². The fraction of sp³-hybridized carbons (Fsp3) is 0.304. The Labute approximate surface area is 186 Å². The highest BCUT2D eigenvalue weighted by Crippen LogP contribution is 2.32. The predicted molar refractivity (Wildman–Crippen MR) is 124 cm³/mol. The first-order valence-electron chi connectivity index (χ1n) is 10.3. The summed E-state index contributed by atoms with van der Waals surface area (Å²) >= 11 is 1.31. The van der Waals surface area contributed by atoms with Gasteiger partial charge >= 0.3 is 0 Å². The van der Waals surface area contributed by atoms with Crippen molar-refractivity contribution < 1.29 is 9.53 Å². The van der Waals surface area contributed by atoms with Crippen LogP contribution in [-0.2, 0) is 0 Å². The highest BCUT2D eigenvalue weighted by atomic mass is 32.2. The van der Waals surface area contributed by atoms with E-state index in [1.807, 2.05) is 61.5 Å². The molecule has 1 fully saturated rings. The zero-order valence-corrected chi connectivity index (χ0v) is 18.5. The van der Waals surface area contributed by atoms with Crippen LogP contribution in [0.5, 0.6) is 11.5 Å². The van der Waals surface area contributed by atoms with Gasteiger partial charge in [0.1, 0.15) is 17.8 Å². The molecule has 1 aliphatic rings. The lowest BCUT2D eigenvalue weighted by Crippen LogP contribution is -2.38. The Morgan fingerprint density at radius 1 is 1.03 bits per heavy atom. The molecule has 0 saturated carbocycles. The lowest BCUT2D eigenvalue weighted by Gasteiger charge is -2.25. The molecule has 1 aromatic heterocycles. The van der Waals surface area contributed by atoms with Gasteiger partial charge in [0, 0.05) is 5.75 Å². The lowest BCUT2D eigenvalue weighted by molar-refractivity contribution is 0.263. The molecule has 160 valence electrons. The van der Waals surface area contributed by atoms with Crippen LogP contribution in [0.15, 0.2) is 60.9 Å². The largest absolute Gasteiger partial charge is 0.457 e. The second-order valence-corrected chi connectivity index (χ2v) is 8.69. The Kier molecular flexibility index (Phi) is 6.36. The zero-order valence-electron chi connectivity index (χ0n) is 17.7. The number of carbonyl (C=O) groups excluding carboxylic acids is 1. The van der Waals surface area contributed by atoms with Crippen molar-refractivity contribution in [2.75, 3.05) is 16.0 Å². The number of anilines is 2. The third kappa shape index (κ3) is 4.96. The quantitative estimate of drug-likeness (QED) is 0.522. The molecular formula is C23H25N5O2S. The van der Waals surface area contributed by atoms with Crippen molar-refractivity contribution in [2.24, 2.45) is 5.92 Å². The van der Waals surface area contributed by atoms with Gasteiger partial charge in [-0.05, 0) is 42.7 Å². The van der Waals surface area contributed by atoms with Crippen LogP contribution in [0.2, 0.25) is 0 Å². The van der Waals surface area contributed by atoms with E-state index in [2.05, 4.69) is 34.1 Å². The number of aromatic nitrogens is 3. The summed E-state index contributed by atoms with van der Waals surface area (Å²) in [6.07, 6.45) is 1.45. The molecule has 4 rings (SSSR count). The van der Waals surface area contributed by atoms with Crippen molar-refractivity contribution >= 4 is 28.9 Å². The van der Waals surface area contributed by atoms with Gasteiger partial charge in [0.2, 0.25) is 11.9 Å². The van der Waals surface area contributed by atoms with Crippen molar-refractivity contribution in [3.8, 4) is 11.5 Å². The lowest BCUT2D eigenvalue weighted by atomic mass is 10.1. The third-order valence-corrected chi connectivity index (χ3v) is 6.11. The van der Waals surface area contributed by atoms with Gasteiger partial charge in [0.25, 0.3) is 5.24 Å². The second-order valence-electron chi connectivity index (χ2n) is 7.72. The van der Waals surface area contributed by atoms with Crippen LogP contribution < -0.4 is 15.0 Å². The highest BCUT2D eigenvalue weighted by Gasteiger charge is 2.36. The number of rotatable bonds is 7. The molecule has 0 radical (unpaired) electrons. The van der Waals surface area contributed by atoms with Crippen molar-refractivity contribution in [3.63, 3.8) is 0 Å². The average molecular weight is 436 g/mol. The molecule has 1 saturated heterocycles. The first kappa shape index (κ1) is 21.1. The minimum Gasteiger partial charge on any atom is -0.457 e. The maximum atomic E-state index is 12.4. The van der Waals surface area contributed by atoms with E-state index in [-0.39, 0.29) is 17.3 Å². The van der Waals surface area contributed by atoms with E-state index in [0.717, 1.165) is 22.8 Å². The average Bonchev–Trinajstić information content (AvgIpc) is 3.17. The molecule has 2 aromatic carbocycles. The summed E-state index contributed by atoms with van der Waals surface area (Å²) in [6, 6.07) is 17.6. The molecule has 1 N–H and O–H groups in total. The Bertz CT molecular complexity index is 1030. The summed E-state index contributed by atoms with van der Waals surface area (Å²) < 4.78 is 5.85. The van der Waals surface area contributed by atoms with Gasteiger partial charge in [-0.25, -0.2) is 9.97 Å². The molecule has 7 nitrogen and oxygen atoms in total. The van der Waals surface area contributed by atoms with Gasteiger partial charge in [-0.1, -0.05) is 55.9 Å². The van der Waals surface area contributed by atoms with Gasteiger partial charge in [0.05, 0.1) is 12.1 Å². The number of thioether (sulfide) groups is 1. The topological polar surface area (TPSA) is 80.2 Å². The summed E-state index contributed by atoms with van der Waals surface area (Å²) in [5.41, 5.74) is 1.07. The normalized spacial score (nSPS) is 17.1. The molecule has 0 bridgehead atoms. The van der Waals surface area contributed by atoms with Crippen molar-refractivity contribution in [1.29, 1.82) is 0 Å². The zero-order chi connectivity index (χ0) is 21.8. The van der Waals surface area contributed by atoms with E-state index < -0.39 is 0 Å². The third-order valence-electron chi connectivity index (χ3n) is 5.15. The van der Waals surface area contributed by atoms with Crippen molar-refractivity contribution in [2.45, 2.75) is 32.9 Å². The predicted octanol–water partition coefficient (Wildman–Crippen LogP) is 5.53. The van der Waals surface area contributed by atoms with E-state index >= 15 is 0 Å². The Morgan fingerprint density at radius 3 is 2.45 bits per heavy atom. The molecular weight excluding hydrogens is 410 g/mol. The molecule has 2 heterocycles. The summed E-state index contributed by atoms with van der Waals surface area (Å²) in [5, 5.41) is 3.29. The summed E-state index contributed by atoms with van der Waals surface area (Å²) in [6.45, 7) is 6.24. The van der Waals surface area contributed by atoms with Crippen LogP contribution in [0.4, 0.5) is 16.7 Å². The fourth-order valence-electron chi connectivity index (χ4n) is 3.36. The SMILES string of the molecule is CC(C)[C@H]1CSC(=O)N1c1ncnc(N[C@@H](C)c2ccc(Oc3ccccc3)cc2)n1. The summed E-state index contributed by atoms with van der Waals surface area (Å²) in [5.74, 6) is 3.48. The molecule has 31 heavy (non-hydrogen) atoms. The van der Waals surface area contributed by atoms with Crippen LogP contribution >= 0.6 is 11.8 Å². The molecule has 0 unspecified atom stereocenters. The number of benzene rings is 2. The maximum absolute atomic E-state index is 12.4. The van der Waals surface area contributed by atoms with Gasteiger partial charge in [-0.3, -0.25) is 9.69 Å². The van der Waals surface area contributed by atoms with Gasteiger partial charge < -0.3 is 10.1 Å². The van der Waals surface area contributed by atoms with Crippen LogP contribution in [0, 0.1) is 5.92 Å². The standard InChI is InChI=1S/C23H25N5O2S/c1-15(2)20-13-31-23(29)28(20)22-25-14-24-21(27-22)26-16(3)17-9-11-19(12-10-17)30-18-7-5-4-6-8-18/h4-12,14-16,20H,13H2,1-3H3,(H,24,25,26,27)/t16-,20+/m0/s1. The van der Waals surface area contributed by atoms with Crippen LogP contribution in [0.3, 0.4) is 0 Å². The number of hydrogen-bond acceptors (Lipinski definition) is 7. The number of para-hydroxylation sites is 1. The number of amides is 1. The Hall–Kier alpha value is -3.13. The monoisotopic (exact) mass is 435 g/mol. The van der Waals surface area contributed by atoms with E-state index in [9.17, 15) is 4.79 Å². The minimum atomic E-state index is -0.0365. The van der Waals surface area contributed by atoms with E-state index in [4.69, 9.17) is 4.74 Å². The highest BCUT2D eigenvalue weighted by molar-refractivity contribution is 8.14. The van der Waals surface area contributed by atoms with Crippen LogP contribution in [0.25, 0.3) is 0 Å². The molecule has 1 amide bonds. The van der Waals surface area contributed by atoms with Gasteiger partial charge in [-0.15, -0.1) is 0 Å². The summed E-state index contributed by atoms with van der Waals surface area (Å²) in [4.78, 5) is 27.0. The minimum absolute atomic E-state index is 0.0158. The Morgan fingerprint density at radius 2 is 1.74 bits per heavy atom. The second kappa shape index (κ2) is 9.34. The van der Waals surface area contributed by atoms with Crippen molar-refractivity contribution in [1.82, 2.24) is 15.0 Å². The first-order valence-corrected chi connectivity index (χ1v) is 11.2. The number of hydrogen-bond donors (Lipinski definition) is 1. The molecule has 8 heteroatoms. The van der Waals surface area contributed by atoms with Crippen LogP contribution in [-0.4, -0.2) is 32.0 Å². The Balaban J connectivity index is 1.44.